The van der Waals surface area contributed by atoms with Crippen LogP contribution < -0.4 is 9.84 Å². The van der Waals surface area contributed by atoms with Crippen LogP contribution in [0.25, 0.3) is 55.0 Å². The normalized spacial score (nSPS) is 10.9. The maximum Gasteiger partial charge on any atom is 1.00 e. The second kappa shape index (κ2) is 26.4. The smallest absolute Gasteiger partial charge is 0.573 e. The number of ether oxygens (including phenoxy) is 1. The third-order valence-corrected chi connectivity index (χ3v) is 12.6. The van der Waals surface area contributed by atoms with Gasteiger partial charge in [-0.1, -0.05) is 58.1 Å². The first-order chi connectivity index (χ1) is 32.4. The molecule has 0 bridgehead atoms. The molecule has 1 radical (unpaired) electrons. The quantitative estimate of drug-likeness (QED) is 0.0476. The van der Waals surface area contributed by atoms with E-state index in [0.29, 0.717) is 29.3 Å². The largest absolute Gasteiger partial charge is 1.00 e. The number of H-pyrrole nitrogens is 1. The number of pyridine rings is 4. The first-order valence-electron chi connectivity index (χ1n) is 21.9. The third kappa shape index (κ3) is 15.7. The van der Waals surface area contributed by atoms with E-state index >= 15 is 0 Å². The number of carboxylic acid groups (broad SMARTS) is 1. The molecule has 0 atom stereocenters. The van der Waals surface area contributed by atoms with Gasteiger partial charge in [0.15, 0.2) is 0 Å². The van der Waals surface area contributed by atoms with Crippen molar-refractivity contribution in [2.24, 2.45) is 0 Å². The first-order valence-corrected chi connectivity index (χ1v) is 23.5. The van der Waals surface area contributed by atoms with E-state index in [2.05, 4.69) is 107 Å². The van der Waals surface area contributed by atoms with Gasteiger partial charge in [-0.15, -0.1) is 22.7 Å². The molecular formula is C50H50F3N8O4RuS2. The number of hydrogen-bond acceptors (Lipinski definition) is 11. The van der Waals surface area contributed by atoms with E-state index in [1.54, 1.807) is 13.0 Å². The number of carbonyl (C=O) groups is 2. The van der Waals surface area contributed by atoms with Gasteiger partial charge in [0.25, 0.3) is 6.47 Å². The summed E-state index contributed by atoms with van der Waals surface area (Å²) in [5, 5.41) is 21.7. The van der Waals surface area contributed by atoms with Crippen molar-refractivity contribution in [3.05, 3.63) is 136 Å². The molecule has 18 heteroatoms. The van der Waals surface area contributed by atoms with Gasteiger partial charge >= 0.3 is 31.6 Å². The molecule has 0 fully saturated rings. The molecule has 68 heavy (non-hydrogen) atoms. The summed E-state index contributed by atoms with van der Waals surface area (Å²) < 4.78 is 41.3. The minimum Gasteiger partial charge on any atom is -0.573 e. The van der Waals surface area contributed by atoms with Crippen LogP contribution in [0.5, 0.6) is 5.75 Å². The number of carboxylic acids is 1. The van der Waals surface area contributed by atoms with Gasteiger partial charge in [0.2, 0.25) is 0 Å². The molecule has 0 aliphatic rings. The molecule has 2 N–H and O–H groups in total. The summed E-state index contributed by atoms with van der Waals surface area (Å²) in [5.41, 5.74) is 5.50. The maximum atomic E-state index is 12.2. The number of hydrogen-bond donors (Lipinski definition) is 2. The Hall–Kier alpha value is -6.23. The number of rotatable bonds is 18. The Kier molecular flexibility index (Phi) is 20.4. The van der Waals surface area contributed by atoms with Crippen molar-refractivity contribution in [1.82, 2.24) is 40.3 Å². The van der Waals surface area contributed by atoms with Crippen LogP contribution in [-0.4, -0.2) is 52.8 Å². The fourth-order valence-corrected chi connectivity index (χ4v) is 8.82. The third-order valence-electron chi connectivity index (χ3n) is 10.2. The van der Waals surface area contributed by atoms with Crippen LogP contribution >= 0.6 is 22.7 Å². The van der Waals surface area contributed by atoms with Crippen molar-refractivity contribution in [2.45, 2.75) is 91.2 Å². The topological polar surface area (TPSA) is 171 Å². The zero-order chi connectivity index (χ0) is 47.6. The zero-order valence-electron chi connectivity index (χ0n) is 37.6. The van der Waals surface area contributed by atoms with Gasteiger partial charge in [-0.05, 0) is 123 Å². The monoisotopic (exact) mass is 1050 g/mol. The number of unbranched alkanes of at least 4 members (excludes halogenated alkanes) is 6. The molecule has 0 unspecified atom stereocenters. The van der Waals surface area contributed by atoms with Crippen molar-refractivity contribution in [1.29, 1.82) is 0 Å². The Balaban J connectivity index is 0.000000212. The molecule has 8 rings (SSSR count). The molecule has 0 aliphatic heterocycles. The molecule has 8 aromatic rings. The molecule has 8 aromatic heterocycles. The van der Waals surface area contributed by atoms with Crippen molar-refractivity contribution in [2.75, 3.05) is 0 Å². The number of aryl methyl sites for hydroxylation is 3. The molecule has 0 aliphatic carbocycles. The predicted molar refractivity (Wildman–Crippen MR) is 256 cm³/mol. The van der Waals surface area contributed by atoms with Gasteiger partial charge in [-0.25, -0.2) is 4.79 Å². The molecule has 8 heterocycles. The fourth-order valence-electron chi connectivity index (χ4n) is 6.73. The van der Waals surface area contributed by atoms with E-state index in [1.807, 2.05) is 35.1 Å². The van der Waals surface area contributed by atoms with Gasteiger partial charge in [-0.3, -0.25) is 29.8 Å². The van der Waals surface area contributed by atoms with Crippen LogP contribution in [0.3, 0.4) is 0 Å². The molecule has 355 valence electrons. The molecule has 0 saturated heterocycles. The summed E-state index contributed by atoms with van der Waals surface area (Å²) in [6, 6.07) is 26.0. The molecule has 0 saturated carbocycles. The first kappa shape index (κ1) is 52.7. The van der Waals surface area contributed by atoms with Crippen molar-refractivity contribution in [3.63, 3.8) is 0 Å². The average Bonchev–Trinajstić information content (AvgIpc) is 4.19. The molecule has 0 aromatic carbocycles. The van der Waals surface area contributed by atoms with Gasteiger partial charge < -0.3 is 20.0 Å². The van der Waals surface area contributed by atoms with Gasteiger partial charge in [0, 0.05) is 56.1 Å². The number of aromatic nitrogens is 8. The number of aromatic carboxylic acids is 1. The van der Waals surface area contributed by atoms with E-state index in [0.717, 1.165) is 23.1 Å². The minimum atomic E-state index is -4.46. The molecule has 0 amide bonds. The standard InChI is InChI=1S/C30H36N2S2.C12H8N2O4.C8H6F3N4.Ru/c1-3-5-7-9-11-25-13-15-29(33-25)23-17-19-31-27(21-23)28-22-24(18-20-32-28)30-16-14-26(34-30)12-10-8-6-4-2;15-7-18-9-2-4-14-11(6-9)10-5-8(12(16)17)1-3-13-10;1-4-2-5(13-12-4)6-3-7(15-14-6)8(9,10)11;/h13-22H,3-12H2,1-2H3;1-7H,(H,16,17);2-3H,1H3,(H-,12,13,14,15);/q;;-1;+1. The van der Waals surface area contributed by atoms with Crippen LogP contribution in [0.1, 0.15) is 96.7 Å². The molecule has 0 spiro atoms. The Labute approximate surface area is 413 Å². The van der Waals surface area contributed by atoms with Crippen molar-refractivity contribution in [3.8, 4) is 60.8 Å². The Morgan fingerprint density at radius 1 is 0.691 bits per heavy atom. The van der Waals surface area contributed by atoms with Gasteiger partial charge in [-0.2, -0.15) is 18.3 Å². The summed E-state index contributed by atoms with van der Waals surface area (Å²) in [6.07, 6.45) is 15.1. The molecular weight excluding hydrogens is 999 g/mol. The van der Waals surface area contributed by atoms with E-state index in [9.17, 15) is 22.8 Å². The zero-order valence-corrected chi connectivity index (χ0v) is 41.0. The number of halogens is 3. The average molecular weight is 1050 g/mol. The van der Waals surface area contributed by atoms with Gasteiger partial charge in [0.1, 0.15) is 11.4 Å². The fraction of sp³-hybridized carbons (Fsp3) is 0.280. The SMILES string of the molecule is CCCCCCc1ccc(-c2ccnc(-c3cc(-c4ccc(CCCCCC)s4)ccn3)c2)s1.Cc1cc(-c2cc(C(F)(F)F)n[n-]2)n[nH]1.O=COc1ccnc(-c2cc(C(=O)O)ccn2)c1.[Ru+]. The summed E-state index contributed by atoms with van der Waals surface area (Å²) >= 11 is 3.83. The number of nitrogens with one attached hydrogen (secondary N) is 1. The van der Waals surface area contributed by atoms with Crippen LogP contribution in [0.4, 0.5) is 13.2 Å². The second-order valence-electron chi connectivity index (χ2n) is 15.4. The van der Waals surface area contributed by atoms with E-state index in [1.165, 1.54) is 132 Å². The van der Waals surface area contributed by atoms with Crippen molar-refractivity contribution >= 4 is 35.1 Å². The molecule has 12 nitrogen and oxygen atoms in total. The Morgan fingerprint density at radius 3 is 1.71 bits per heavy atom. The van der Waals surface area contributed by atoms with Crippen LogP contribution in [0.15, 0.2) is 110 Å². The summed E-state index contributed by atoms with van der Waals surface area (Å²) in [6.45, 7) is 6.59. The minimum absolute atomic E-state index is 0. The van der Waals surface area contributed by atoms with E-state index in [4.69, 9.17) is 5.11 Å². The van der Waals surface area contributed by atoms with E-state index in [-0.39, 0.29) is 30.7 Å². The summed E-state index contributed by atoms with van der Waals surface area (Å²) in [5.74, 6) is -0.725. The van der Waals surface area contributed by atoms with Crippen molar-refractivity contribution < 1.29 is 52.1 Å². The van der Waals surface area contributed by atoms with Crippen LogP contribution in [-0.2, 0) is 43.3 Å². The second-order valence-corrected chi connectivity index (χ2v) is 17.7. The van der Waals surface area contributed by atoms with E-state index < -0.39 is 17.8 Å². The Morgan fingerprint density at radius 2 is 1.22 bits per heavy atom. The predicted octanol–water partition coefficient (Wildman–Crippen LogP) is 13.0. The Bertz CT molecular complexity index is 2730. The summed E-state index contributed by atoms with van der Waals surface area (Å²) in [4.78, 5) is 44.0. The number of carbonyl (C=O) groups excluding carboxylic acids is 1. The van der Waals surface area contributed by atoms with Gasteiger partial charge in [0.05, 0.1) is 34.0 Å². The number of thiophene rings is 2. The maximum absolute atomic E-state index is 12.2. The number of alkyl halides is 3. The number of aromatic amines is 1. The van der Waals surface area contributed by atoms with Crippen LogP contribution in [0.2, 0.25) is 0 Å². The summed E-state index contributed by atoms with van der Waals surface area (Å²) in [7, 11) is 0. The number of nitrogens with zero attached hydrogens (tertiary/aromatic N) is 7. The van der Waals surface area contributed by atoms with Crippen LogP contribution in [0, 0.1) is 6.92 Å².